The minimum absolute atomic E-state index is 0.0606. The summed E-state index contributed by atoms with van der Waals surface area (Å²) in [6.07, 6.45) is 3.87. The number of nitrogens with one attached hydrogen (secondary N) is 1. The molecular formula is C22H23N3O4. The lowest BCUT2D eigenvalue weighted by molar-refractivity contribution is -0.122. The molecule has 1 N–H and O–H groups in total. The smallest absolute Gasteiger partial charge is 0.335 e. The van der Waals surface area contributed by atoms with Crippen LogP contribution in [0.4, 0.5) is 10.5 Å². The van der Waals surface area contributed by atoms with Crippen LogP contribution in [-0.2, 0) is 9.59 Å². The van der Waals surface area contributed by atoms with E-state index in [2.05, 4.69) is 9.88 Å². The van der Waals surface area contributed by atoms with Crippen LogP contribution in [0, 0.1) is 13.8 Å². The van der Waals surface area contributed by atoms with Gasteiger partial charge in [-0.05, 0) is 75.6 Å². The Balaban J connectivity index is 1.68. The van der Waals surface area contributed by atoms with E-state index in [0.29, 0.717) is 24.1 Å². The second-order valence-electron chi connectivity index (χ2n) is 7.31. The van der Waals surface area contributed by atoms with Crippen molar-refractivity contribution in [1.29, 1.82) is 0 Å². The molecule has 0 radical (unpaired) electrons. The van der Waals surface area contributed by atoms with Crippen molar-refractivity contribution in [1.82, 2.24) is 9.88 Å². The molecule has 0 bridgehead atoms. The molecule has 1 aliphatic carbocycles. The van der Waals surface area contributed by atoms with Gasteiger partial charge < -0.3 is 9.30 Å². The van der Waals surface area contributed by atoms with Crippen LogP contribution in [0.15, 0.2) is 35.9 Å². The molecule has 2 fully saturated rings. The lowest BCUT2D eigenvalue weighted by Gasteiger charge is -2.26. The van der Waals surface area contributed by atoms with Gasteiger partial charge in [0.25, 0.3) is 11.8 Å². The molecule has 0 spiro atoms. The summed E-state index contributed by atoms with van der Waals surface area (Å²) in [7, 11) is 0. The number of rotatable bonds is 5. The van der Waals surface area contributed by atoms with Crippen LogP contribution in [-0.4, -0.2) is 29.0 Å². The van der Waals surface area contributed by atoms with E-state index >= 15 is 0 Å². The van der Waals surface area contributed by atoms with Gasteiger partial charge in [0.1, 0.15) is 11.3 Å². The Morgan fingerprint density at radius 3 is 2.45 bits per heavy atom. The Hall–Kier alpha value is -3.35. The topological polar surface area (TPSA) is 80.6 Å². The van der Waals surface area contributed by atoms with Gasteiger partial charge in [0.15, 0.2) is 0 Å². The van der Waals surface area contributed by atoms with E-state index in [9.17, 15) is 14.4 Å². The third-order valence-electron chi connectivity index (χ3n) is 5.24. The fourth-order valence-electron chi connectivity index (χ4n) is 3.75. The van der Waals surface area contributed by atoms with Gasteiger partial charge in [0, 0.05) is 17.4 Å². The highest BCUT2D eigenvalue weighted by atomic mass is 16.5. The van der Waals surface area contributed by atoms with Crippen molar-refractivity contribution >= 4 is 29.6 Å². The maximum absolute atomic E-state index is 13.0. The number of ether oxygens (including phenoxy) is 1. The predicted octanol–water partition coefficient (Wildman–Crippen LogP) is 3.50. The summed E-state index contributed by atoms with van der Waals surface area (Å²) in [6, 6.07) is 8.32. The Bertz CT molecular complexity index is 1030. The molecule has 4 amide bonds. The second-order valence-corrected chi connectivity index (χ2v) is 7.31. The van der Waals surface area contributed by atoms with E-state index in [1.807, 2.05) is 26.8 Å². The van der Waals surface area contributed by atoms with Gasteiger partial charge in [-0.15, -0.1) is 0 Å². The number of barbiturate groups is 1. The molecule has 7 nitrogen and oxygen atoms in total. The molecule has 1 saturated heterocycles. The first-order valence-corrected chi connectivity index (χ1v) is 9.73. The number of imide groups is 2. The van der Waals surface area contributed by atoms with Crippen molar-refractivity contribution in [3.8, 4) is 5.75 Å². The van der Waals surface area contributed by atoms with E-state index in [-0.39, 0.29) is 5.57 Å². The lowest BCUT2D eigenvalue weighted by Crippen LogP contribution is -2.54. The van der Waals surface area contributed by atoms with Crippen LogP contribution >= 0.6 is 0 Å². The molecule has 29 heavy (non-hydrogen) atoms. The first kappa shape index (κ1) is 19.0. The highest BCUT2D eigenvalue weighted by Gasteiger charge is 2.37. The number of carbonyl (C=O) groups excluding carboxylic acids is 3. The van der Waals surface area contributed by atoms with Crippen LogP contribution in [0.1, 0.15) is 42.8 Å². The van der Waals surface area contributed by atoms with Gasteiger partial charge in [0.05, 0.1) is 12.3 Å². The van der Waals surface area contributed by atoms with Gasteiger partial charge in [0.2, 0.25) is 0 Å². The van der Waals surface area contributed by atoms with Gasteiger partial charge in [-0.2, -0.15) is 0 Å². The minimum atomic E-state index is -0.759. The fraction of sp³-hybridized carbons (Fsp3) is 0.318. The molecular weight excluding hydrogens is 370 g/mol. The Morgan fingerprint density at radius 1 is 1.14 bits per heavy atom. The molecule has 2 aliphatic rings. The van der Waals surface area contributed by atoms with E-state index in [0.717, 1.165) is 34.7 Å². The highest BCUT2D eigenvalue weighted by Crippen LogP contribution is 2.38. The summed E-state index contributed by atoms with van der Waals surface area (Å²) in [5.74, 6) is -0.682. The average molecular weight is 393 g/mol. The largest absolute Gasteiger partial charge is 0.494 e. The molecule has 150 valence electrons. The van der Waals surface area contributed by atoms with Gasteiger partial charge >= 0.3 is 6.03 Å². The third-order valence-corrected chi connectivity index (χ3v) is 5.24. The standard InChI is InChI=1S/C22H23N3O4/c1-4-29-18-9-7-17(8-10-18)25-21(27)19(20(26)23-22(25)28)12-15-11-13(2)24(14(15)3)16-5-6-16/h7-12,16H,4-6H2,1-3H3,(H,23,26,28)/b19-12+. The molecule has 0 atom stereocenters. The summed E-state index contributed by atoms with van der Waals surface area (Å²) in [4.78, 5) is 38.8. The van der Waals surface area contributed by atoms with E-state index < -0.39 is 17.8 Å². The zero-order chi connectivity index (χ0) is 20.7. The molecule has 7 heteroatoms. The fourth-order valence-corrected chi connectivity index (χ4v) is 3.75. The van der Waals surface area contributed by atoms with Crippen molar-refractivity contribution in [3.05, 3.63) is 52.9 Å². The summed E-state index contributed by atoms with van der Waals surface area (Å²) in [5.41, 5.74) is 3.24. The van der Waals surface area contributed by atoms with E-state index in [1.165, 1.54) is 0 Å². The zero-order valence-corrected chi connectivity index (χ0v) is 16.7. The Morgan fingerprint density at radius 2 is 1.83 bits per heavy atom. The summed E-state index contributed by atoms with van der Waals surface area (Å²) < 4.78 is 7.64. The zero-order valence-electron chi connectivity index (χ0n) is 16.7. The molecule has 2 aromatic rings. The first-order valence-electron chi connectivity index (χ1n) is 9.73. The van der Waals surface area contributed by atoms with Crippen molar-refractivity contribution in [3.63, 3.8) is 0 Å². The number of aromatic nitrogens is 1. The van der Waals surface area contributed by atoms with Gasteiger partial charge in [-0.25, -0.2) is 9.69 Å². The number of nitrogens with zero attached hydrogens (tertiary/aromatic N) is 2. The minimum Gasteiger partial charge on any atom is -0.494 e. The number of anilines is 1. The molecule has 1 saturated carbocycles. The Labute approximate surface area is 168 Å². The Kier molecular flexibility index (Phi) is 4.74. The number of aryl methyl sites for hydroxylation is 1. The van der Waals surface area contributed by atoms with Crippen molar-refractivity contribution < 1.29 is 19.1 Å². The number of hydrogen-bond donors (Lipinski definition) is 1. The first-order chi connectivity index (χ1) is 13.9. The summed E-state index contributed by atoms with van der Waals surface area (Å²) in [6.45, 7) is 6.39. The maximum Gasteiger partial charge on any atom is 0.335 e. The third kappa shape index (κ3) is 3.44. The van der Waals surface area contributed by atoms with Crippen molar-refractivity contribution in [2.45, 2.75) is 39.7 Å². The molecule has 0 unspecified atom stereocenters. The van der Waals surface area contributed by atoms with Gasteiger partial charge in [-0.1, -0.05) is 0 Å². The molecule has 4 rings (SSSR count). The number of benzene rings is 1. The molecule has 2 heterocycles. The molecule has 1 aromatic heterocycles. The summed E-state index contributed by atoms with van der Waals surface area (Å²) in [5, 5.41) is 2.27. The number of carbonyl (C=O) groups is 3. The van der Waals surface area contributed by atoms with E-state index in [1.54, 1.807) is 30.3 Å². The van der Waals surface area contributed by atoms with E-state index in [4.69, 9.17) is 4.74 Å². The molecule has 1 aliphatic heterocycles. The maximum atomic E-state index is 13.0. The molecule has 1 aromatic carbocycles. The summed E-state index contributed by atoms with van der Waals surface area (Å²) >= 11 is 0. The normalized spacial score (nSPS) is 18.4. The number of amides is 4. The monoisotopic (exact) mass is 393 g/mol. The van der Waals surface area contributed by atoms with Crippen LogP contribution in [0.2, 0.25) is 0 Å². The van der Waals surface area contributed by atoms with Gasteiger partial charge in [-0.3, -0.25) is 14.9 Å². The lowest BCUT2D eigenvalue weighted by atomic mass is 10.1. The van der Waals surface area contributed by atoms with Crippen LogP contribution in [0.3, 0.4) is 0 Å². The van der Waals surface area contributed by atoms with Crippen LogP contribution in [0.25, 0.3) is 6.08 Å². The quantitative estimate of drug-likeness (QED) is 0.623. The van der Waals surface area contributed by atoms with Crippen molar-refractivity contribution in [2.75, 3.05) is 11.5 Å². The van der Waals surface area contributed by atoms with Crippen LogP contribution < -0.4 is 15.0 Å². The predicted molar refractivity (Wildman–Crippen MR) is 109 cm³/mol. The SMILES string of the molecule is CCOc1ccc(N2C(=O)NC(=O)/C(=C\c3cc(C)n(C4CC4)c3C)C2=O)cc1. The van der Waals surface area contributed by atoms with Crippen molar-refractivity contribution in [2.24, 2.45) is 0 Å². The average Bonchev–Trinajstić information content (AvgIpc) is 3.46. The highest BCUT2D eigenvalue weighted by molar-refractivity contribution is 6.39. The second kappa shape index (κ2) is 7.24. The number of urea groups is 1. The number of hydrogen-bond acceptors (Lipinski definition) is 4. The van der Waals surface area contributed by atoms with Crippen LogP contribution in [0.5, 0.6) is 5.75 Å².